The van der Waals surface area contributed by atoms with Gasteiger partial charge in [0.15, 0.2) is 0 Å². The van der Waals surface area contributed by atoms with Crippen LogP contribution in [0.15, 0.2) is 42.6 Å². The summed E-state index contributed by atoms with van der Waals surface area (Å²) in [5, 5.41) is 11.7. The van der Waals surface area contributed by atoms with E-state index in [9.17, 15) is 9.59 Å². The maximum atomic E-state index is 13.0. The van der Waals surface area contributed by atoms with Gasteiger partial charge in [0.2, 0.25) is 0 Å². The number of piperidine rings is 1. The fourth-order valence-electron chi connectivity index (χ4n) is 4.17. The van der Waals surface area contributed by atoms with Gasteiger partial charge in [-0.1, -0.05) is 12.1 Å². The van der Waals surface area contributed by atoms with Crippen molar-refractivity contribution < 1.29 is 9.59 Å². The molecule has 0 unspecified atom stereocenters. The monoisotopic (exact) mass is 403 g/mol. The second-order valence-electron chi connectivity index (χ2n) is 7.85. The van der Waals surface area contributed by atoms with E-state index in [1.807, 2.05) is 29.2 Å². The topological polar surface area (TPSA) is 89.3 Å². The molecule has 2 aromatic rings. The molecule has 7 nitrogen and oxygen atoms in total. The van der Waals surface area contributed by atoms with Gasteiger partial charge in [-0.05, 0) is 61.4 Å². The van der Waals surface area contributed by atoms with E-state index in [0.717, 1.165) is 38.8 Å². The van der Waals surface area contributed by atoms with E-state index >= 15 is 0 Å². The van der Waals surface area contributed by atoms with Crippen LogP contribution in [0.5, 0.6) is 0 Å². The lowest BCUT2D eigenvalue weighted by Crippen LogP contribution is -2.38. The van der Waals surface area contributed by atoms with Crippen molar-refractivity contribution in [2.45, 2.75) is 31.6 Å². The van der Waals surface area contributed by atoms with E-state index in [2.05, 4.69) is 16.4 Å². The summed E-state index contributed by atoms with van der Waals surface area (Å²) in [7, 11) is 0. The molecule has 1 aromatic heterocycles. The van der Waals surface area contributed by atoms with Crippen LogP contribution >= 0.6 is 0 Å². The summed E-state index contributed by atoms with van der Waals surface area (Å²) in [5.41, 5.74) is 2.42. The van der Waals surface area contributed by atoms with Crippen molar-refractivity contribution in [3.63, 3.8) is 0 Å². The molecular weight excluding hydrogens is 378 g/mol. The molecule has 3 heterocycles. The average molecular weight is 403 g/mol. The second kappa shape index (κ2) is 8.95. The van der Waals surface area contributed by atoms with Crippen molar-refractivity contribution in [3.8, 4) is 6.07 Å². The van der Waals surface area contributed by atoms with Crippen LogP contribution in [-0.2, 0) is 0 Å². The SMILES string of the molecule is N#Cc1ccc(C2CCN(C(=O)c3ccnc(NC(=O)N4CCCC4)c3)CC2)cc1. The molecule has 30 heavy (non-hydrogen) atoms. The van der Waals surface area contributed by atoms with Gasteiger partial charge in [-0.15, -0.1) is 0 Å². The zero-order chi connectivity index (χ0) is 20.9. The molecule has 2 aliphatic heterocycles. The third-order valence-corrected chi connectivity index (χ3v) is 5.93. The minimum absolute atomic E-state index is 0.0349. The van der Waals surface area contributed by atoms with E-state index in [-0.39, 0.29) is 11.9 Å². The smallest absolute Gasteiger partial charge is 0.323 e. The molecule has 0 radical (unpaired) electrons. The molecule has 0 aliphatic carbocycles. The summed E-state index contributed by atoms with van der Waals surface area (Å²) in [6.07, 6.45) is 5.40. The van der Waals surface area contributed by atoms with Gasteiger partial charge in [0.1, 0.15) is 5.82 Å². The lowest BCUT2D eigenvalue weighted by molar-refractivity contribution is 0.0713. The van der Waals surface area contributed by atoms with Crippen molar-refractivity contribution in [2.75, 3.05) is 31.5 Å². The predicted molar refractivity (Wildman–Crippen MR) is 113 cm³/mol. The van der Waals surface area contributed by atoms with E-state index in [1.165, 1.54) is 5.56 Å². The fraction of sp³-hybridized carbons (Fsp3) is 0.391. The van der Waals surface area contributed by atoms with E-state index in [1.54, 1.807) is 23.2 Å². The van der Waals surface area contributed by atoms with Gasteiger partial charge in [0.05, 0.1) is 11.6 Å². The zero-order valence-corrected chi connectivity index (χ0v) is 16.9. The van der Waals surface area contributed by atoms with E-state index < -0.39 is 0 Å². The van der Waals surface area contributed by atoms with Crippen LogP contribution in [0, 0.1) is 11.3 Å². The number of likely N-dealkylation sites (tertiary alicyclic amines) is 2. The Bertz CT molecular complexity index is 952. The van der Waals surface area contributed by atoms with Crippen molar-refractivity contribution >= 4 is 17.8 Å². The minimum Gasteiger partial charge on any atom is -0.339 e. The second-order valence-corrected chi connectivity index (χ2v) is 7.85. The number of pyridine rings is 1. The normalized spacial score (nSPS) is 16.9. The summed E-state index contributed by atoms with van der Waals surface area (Å²) in [5.74, 6) is 0.770. The number of amides is 3. The van der Waals surface area contributed by atoms with E-state index in [0.29, 0.717) is 36.0 Å². The highest BCUT2D eigenvalue weighted by atomic mass is 16.2. The average Bonchev–Trinajstić information content (AvgIpc) is 3.34. The molecule has 2 saturated heterocycles. The Balaban J connectivity index is 1.35. The van der Waals surface area contributed by atoms with Gasteiger partial charge in [-0.3, -0.25) is 10.1 Å². The third kappa shape index (κ3) is 4.43. The number of urea groups is 1. The number of rotatable bonds is 3. The van der Waals surface area contributed by atoms with Crippen LogP contribution in [-0.4, -0.2) is 52.9 Å². The predicted octanol–water partition coefficient (Wildman–Crippen LogP) is 3.60. The zero-order valence-electron chi connectivity index (χ0n) is 16.9. The minimum atomic E-state index is -0.159. The van der Waals surface area contributed by atoms with Gasteiger partial charge in [0.25, 0.3) is 5.91 Å². The number of nitrogens with one attached hydrogen (secondary N) is 1. The number of aromatic nitrogens is 1. The first-order valence-corrected chi connectivity index (χ1v) is 10.5. The van der Waals surface area contributed by atoms with Gasteiger partial charge in [-0.2, -0.15) is 5.26 Å². The number of carbonyl (C=O) groups is 2. The fourth-order valence-corrected chi connectivity index (χ4v) is 4.17. The Morgan fingerprint density at radius 1 is 1.00 bits per heavy atom. The standard InChI is InChI=1S/C23H25N5O2/c24-16-17-3-5-18(6-4-17)19-8-13-27(14-9-19)22(29)20-7-10-25-21(15-20)26-23(30)28-11-1-2-12-28/h3-7,10,15,19H,1-2,8-9,11-14H2,(H,25,26,30). The lowest BCUT2D eigenvalue weighted by Gasteiger charge is -2.32. The first kappa shape index (κ1) is 19.9. The first-order valence-electron chi connectivity index (χ1n) is 10.5. The highest BCUT2D eigenvalue weighted by molar-refractivity contribution is 5.96. The number of hydrogen-bond acceptors (Lipinski definition) is 4. The van der Waals surface area contributed by atoms with Crippen molar-refractivity contribution in [1.29, 1.82) is 5.26 Å². The Labute approximate surface area is 176 Å². The number of hydrogen-bond donors (Lipinski definition) is 1. The van der Waals surface area contributed by atoms with Crippen LogP contribution in [0.3, 0.4) is 0 Å². The first-order chi connectivity index (χ1) is 14.6. The maximum absolute atomic E-state index is 13.0. The number of benzene rings is 1. The molecule has 3 amide bonds. The molecule has 2 fully saturated rings. The van der Waals surface area contributed by atoms with Crippen molar-refractivity contribution in [1.82, 2.24) is 14.8 Å². The third-order valence-electron chi connectivity index (χ3n) is 5.93. The van der Waals surface area contributed by atoms with Gasteiger partial charge in [-0.25, -0.2) is 9.78 Å². The summed E-state index contributed by atoms with van der Waals surface area (Å²) in [6, 6.07) is 13.1. The molecule has 0 spiro atoms. The summed E-state index contributed by atoms with van der Waals surface area (Å²) in [4.78, 5) is 33.1. The Kier molecular flexibility index (Phi) is 5.94. The molecule has 154 valence electrons. The number of carbonyl (C=O) groups excluding carboxylic acids is 2. The lowest BCUT2D eigenvalue weighted by atomic mass is 9.89. The summed E-state index contributed by atoms with van der Waals surface area (Å²) >= 11 is 0. The summed E-state index contributed by atoms with van der Waals surface area (Å²) in [6.45, 7) is 2.89. The largest absolute Gasteiger partial charge is 0.339 e. The molecule has 2 aliphatic rings. The number of nitrogens with zero attached hydrogens (tertiary/aromatic N) is 4. The Hall–Kier alpha value is -3.40. The van der Waals surface area contributed by atoms with Crippen LogP contribution in [0.2, 0.25) is 0 Å². The number of anilines is 1. The van der Waals surface area contributed by atoms with E-state index in [4.69, 9.17) is 5.26 Å². The molecule has 0 bridgehead atoms. The van der Waals surface area contributed by atoms with Crippen LogP contribution in [0.4, 0.5) is 10.6 Å². The Morgan fingerprint density at radius 3 is 2.37 bits per heavy atom. The highest BCUT2D eigenvalue weighted by Gasteiger charge is 2.25. The van der Waals surface area contributed by atoms with Gasteiger partial charge >= 0.3 is 6.03 Å². The van der Waals surface area contributed by atoms with Crippen molar-refractivity contribution in [2.24, 2.45) is 0 Å². The maximum Gasteiger partial charge on any atom is 0.323 e. The summed E-state index contributed by atoms with van der Waals surface area (Å²) < 4.78 is 0. The highest BCUT2D eigenvalue weighted by Crippen LogP contribution is 2.29. The molecule has 1 N–H and O–H groups in total. The molecule has 0 saturated carbocycles. The molecule has 4 rings (SSSR count). The molecule has 0 atom stereocenters. The Morgan fingerprint density at radius 2 is 1.70 bits per heavy atom. The van der Waals surface area contributed by atoms with Gasteiger partial charge < -0.3 is 9.80 Å². The van der Waals surface area contributed by atoms with Crippen molar-refractivity contribution in [3.05, 3.63) is 59.3 Å². The quantitative estimate of drug-likeness (QED) is 0.848. The van der Waals surface area contributed by atoms with Crippen LogP contribution in [0.25, 0.3) is 0 Å². The van der Waals surface area contributed by atoms with Crippen LogP contribution in [0.1, 0.15) is 53.1 Å². The number of nitriles is 1. The molecule has 7 heteroatoms. The van der Waals surface area contributed by atoms with Gasteiger partial charge in [0, 0.05) is 37.9 Å². The van der Waals surface area contributed by atoms with Crippen LogP contribution < -0.4 is 5.32 Å². The molecular formula is C23H25N5O2. The molecule has 1 aromatic carbocycles.